The molecule has 5 atom stereocenters. The molecule has 0 saturated heterocycles. The van der Waals surface area contributed by atoms with Crippen molar-refractivity contribution >= 4 is 23.1 Å². The largest absolute Gasteiger partial charge is 0.507 e. The molecule has 0 aliphatic heterocycles. The molecule has 3 aliphatic rings. The monoisotopic (exact) mass is 570 g/mol. The fourth-order valence-corrected chi connectivity index (χ4v) is 8.86. The lowest BCUT2D eigenvalue weighted by molar-refractivity contribution is -0.183. The van der Waals surface area contributed by atoms with Crippen LogP contribution in [-0.2, 0) is 40.1 Å². The zero-order valence-electron chi connectivity index (χ0n) is 25.8. The predicted octanol–water partition coefficient (Wildman–Crippen LogP) is 5.57. The second kappa shape index (κ2) is 10.1. The minimum Gasteiger partial charge on any atom is -0.507 e. The second-order valence-electron chi connectivity index (χ2n) is 13.6. The normalized spacial score (nSPS) is 30.7. The molecular weight excluding hydrogens is 528 g/mol. The maximum Gasteiger partial charge on any atom is 0.192 e. The third-order valence-corrected chi connectivity index (χ3v) is 10.5. The quantitative estimate of drug-likeness (QED) is 0.347. The number of ketones is 4. The summed E-state index contributed by atoms with van der Waals surface area (Å²) < 4.78 is 0. The lowest BCUT2D eigenvalue weighted by Gasteiger charge is -2.60. The van der Waals surface area contributed by atoms with Crippen molar-refractivity contribution < 1.29 is 29.4 Å². The van der Waals surface area contributed by atoms with Gasteiger partial charge in [-0.15, -0.1) is 0 Å². The van der Waals surface area contributed by atoms with Gasteiger partial charge in [0.1, 0.15) is 17.5 Å². The summed E-state index contributed by atoms with van der Waals surface area (Å²) >= 11 is 0. The van der Waals surface area contributed by atoms with Gasteiger partial charge in [0.05, 0.1) is 11.5 Å². The number of allylic oxidation sites excluding steroid dienone is 1. The molecule has 1 fully saturated rings. The Labute approximate surface area is 248 Å². The van der Waals surface area contributed by atoms with E-state index in [4.69, 9.17) is 0 Å². The van der Waals surface area contributed by atoms with E-state index < -0.39 is 51.4 Å². The van der Waals surface area contributed by atoms with Gasteiger partial charge < -0.3 is 10.2 Å². The van der Waals surface area contributed by atoms with Crippen molar-refractivity contribution in [2.24, 2.45) is 28.6 Å². The highest BCUT2D eigenvalue weighted by Crippen LogP contribution is 2.64. The number of Topliss-reactive ketones (excluding diaryl/α,β-unsaturated/α-hetero) is 4. The van der Waals surface area contributed by atoms with Crippen LogP contribution in [0.5, 0.6) is 5.75 Å². The molecule has 6 heteroatoms. The highest BCUT2D eigenvalue weighted by atomic mass is 16.3. The number of hydrogen-bond acceptors (Lipinski definition) is 6. The van der Waals surface area contributed by atoms with E-state index in [1.807, 2.05) is 26.8 Å². The third kappa shape index (κ3) is 4.09. The molecule has 2 aromatic rings. The molecule has 5 rings (SSSR count). The van der Waals surface area contributed by atoms with Gasteiger partial charge in [0, 0.05) is 5.41 Å². The molecule has 0 heterocycles. The Balaban J connectivity index is 1.62. The van der Waals surface area contributed by atoms with Crippen LogP contribution < -0.4 is 0 Å². The van der Waals surface area contributed by atoms with Crippen molar-refractivity contribution in [3.63, 3.8) is 0 Å². The number of phenolic OH excluding ortho intramolecular Hbond substituents is 1. The van der Waals surface area contributed by atoms with Crippen molar-refractivity contribution in [2.45, 2.75) is 86.2 Å². The molecule has 42 heavy (non-hydrogen) atoms. The van der Waals surface area contributed by atoms with Crippen LogP contribution >= 0.6 is 0 Å². The van der Waals surface area contributed by atoms with Crippen LogP contribution in [0.2, 0.25) is 0 Å². The Bertz CT molecular complexity index is 1550. The number of phenols is 1. The smallest absolute Gasteiger partial charge is 0.192 e. The van der Waals surface area contributed by atoms with Gasteiger partial charge in [0.15, 0.2) is 23.0 Å². The summed E-state index contributed by atoms with van der Waals surface area (Å²) in [4.78, 5) is 55.3. The van der Waals surface area contributed by atoms with Gasteiger partial charge in [-0.05, 0) is 85.6 Å². The number of rotatable bonds is 6. The van der Waals surface area contributed by atoms with E-state index in [0.717, 1.165) is 29.5 Å². The molecule has 3 aliphatic carbocycles. The van der Waals surface area contributed by atoms with E-state index in [-0.39, 0.29) is 23.7 Å². The van der Waals surface area contributed by atoms with Gasteiger partial charge in [-0.2, -0.15) is 0 Å². The Morgan fingerprint density at radius 1 is 0.976 bits per heavy atom. The first-order valence-electron chi connectivity index (χ1n) is 15.1. The van der Waals surface area contributed by atoms with Crippen molar-refractivity contribution in [1.82, 2.24) is 0 Å². The summed E-state index contributed by atoms with van der Waals surface area (Å²) in [6.45, 7) is 12.7. The summed E-state index contributed by atoms with van der Waals surface area (Å²) in [6, 6.07) is 11.8. The van der Waals surface area contributed by atoms with Gasteiger partial charge in [0.2, 0.25) is 0 Å². The van der Waals surface area contributed by atoms with Crippen LogP contribution in [0.25, 0.3) is 0 Å². The van der Waals surface area contributed by atoms with E-state index in [2.05, 4.69) is 31.2 Å². The topological polar surface area (TPSA) is 109 Å². The Morgan fingerprint density at radius 3 is 2.17 bits per heavy atom. The van der Waals surface area contributed by atoms with E-state index in [9.17, 15) is 29.4 Å². The molecule has 1 saturated carbocycles. The SMILES string of the molecule is CCc1ccc(CCc2ccc(O)c3c2C[C@@]2(C)C[C@@]4(C)C(C(C)C)=C(C)C(C(C)=O)C(=O)[C@@]4(O)C(=O)C2C3=O)cc1. The standard InChI is InChI=1S/C36H42O6/c1-8-22-9-11-23(12-10-22)13-14-24-15-16-26(38)28-25(24)17-34(6)18-35(7)29(19(2)3)20(4)27(21(5)37)32(40)36(35,42)33(41)30(34)31(28)39/h9-12,15-16,19,27,30,38,42H,8,13-14,17-18H2,1-7H3/t27?,30?,34-,35-,36+/m0/s1. The van der Waals surface area contributed by atoms with Crippen molar-refractivity contribution in [3.8, 4) is 5.75 Å². The summed E-state index contributed by atoms with van der Waals surface area (Å²) in [7, 11) is 0. The van der Waals surface area contributed by atoms with Crippen LogP contribution in [0.4, 0.5) is 0 Å². The average Bonchev–Trinajstić information content (AvgIpc) is 2.90. The van der Waals surface area contributed by atoms with E-state index >= 15 is 0 Å². The third-order valence-electron chi connectivity index (χ3n) is 10.5. The first-order chi connectivity index (χ1) is 19.6. The van der Waals surface area contributed by atoms with Gasteiger partial charge in [-0.25, -0.2) is 0 Å². The highest BCUT2D eigenvalue weighted by molar-refractivity contribution is 6.27. The number of hydrogen-bond donors (Lipinski definition) is 2. The Morgan fingerprint density at radius 2 is 1.60 bits per heavy atom. The number of aromatic hydroxyl groups is 1. The Kier molecular flexibility index (Phi) is 7.25. The fraction of sp³-hybridized carbons (Fsp3) is 0.500. The molecule has 222 valence electrons. The summed E-state index contributed by atoms with van der Waals surface area (Å²) in [6.07, 6.45) is 2.95. The van der Waals surface area contributed by atoms with E-state index in [0.29, 0.717) is 18.4 Å². The van der Waals surface area contributed by atoms with Crippen LogP contribution in [0, 0.1) is 28.6 Å². The first-order valence-corrected chi connectivity index (χ1v) is 15.1. The lowest BCUT2D eigenvalue weighted by Crippen LogP contribution is -2.73. The van der Waals surface area contributed by atoms with Crippen LogP contribution in [-0.4, -0.2) is 38.9 Å². The van der Waals surface area contributed by atoms with Crippen LogP contribution in [0.1, 0.15) is 87.5 Å². The number of carbonyl (C=O) groups is 4. The van der Waals surface area contributed by atoms with Gasteiger partial charge in [-0.1, -0.05) is 76.1 Å². The second-order valence-corrected chi connectivity index (χ2v) is 13.6. The molecule has 6 nitrogen and oxygen atoms in total. The minimum atomic E-state index is -2.52. The molecule has 0 radical (unpaired) electrons. The van der Waals surface area contributed by atoms with Gasteiger partial charge in [0.25, 0.3) is 0 Å². The molecular formula is C36H42O6. The molecule has 2 N–H and O–H groups in total. The number of carbonyl (C=O) groups excluding carboxylic acids is 4. The maximum atomic E-state index is 14.5. The summed E-state index contributed by atoms with van der Waals surface area (Å²) in [5.74, 6) is -5.56. The zero-order chi connectivity index (χ0) is 30.9. The van der Waals surface area contributed by atoms with Crippen molar-refractivity contribution in [1.29, 1.82) is 0 Å². The number of aliphatic hydroxyl groups is 1. The molecule has 2 unspecified atom stereocenters. The highest BCUT2D eigenvalue weighted by Gasteiger charge is 2.73. The molecule has 2 aromatic carbocycles. The summed E-state index contributed by atoms with van der Waals surface area (Å²) in [5.41, 5.74) is 0.861. The molecule has 0 bridgehead atoms. The Hall–Kier alpha value is -3.38. The van der Waals surface area contributed by atoms with Crippen LogP contribution in [0.15, 0.2) is 47.5 Å². The molecule has 0 spiro atoms. The first kappa shape index (κ1) is 30.1. The maximum absolute atomic E-state index is 14.5. The fourth-order valence-electron chi connectivity index (χ4n) is 8.86. The van der Waals surface area contributed by atoms with Gasteiger partial charge in [-0.3, -0.25) is 19.2 Å². The average molecular weight is 571 g/mol. The van der Waals surface area contributed by atoms with Gasteiger partial charge >= 0.3 is 0 Å². The zero-order valence-corrected chi connectivity index (χ0v) is 25.8. The van der Waals surface area contributed by atoms with Crippen molar-refractivity contribution in [3.05, 3.63) is 75.4 Å². The predicted molar refractivity (Wildman–Crippen MR) is 160 cm³/mol. The minimum absolute atomic E-state index is 0.110. The number of aryl methyl sites for hydroxylation is 3. The lowest BCUT2D eigenvalue weighted by atomic mass is 9.41. The van der Waals surface area contributed by atoms with Crippen molar-refractivity contribution in [2.75, 3.05) is 0 Å². The summed E-state index contributed by atoms with van der Waals surface area (Å²) in [5, 5.41) is 23.1. The molecule has 0 amide bonds. The van der Waals surface area contributed by atoms with E-state index in [1.165, 1.54) is 24.1 Å². The number of benzene rings is 2. The van der Waals surface area contributed by atoms with Crippen LogP contribution in [0.3, 0.4) is 0 Å². The van der Waals surface area contributed by atoms with E-state index in [1.54, 1.807) is 13.8 Å². The number of fused-ring (bicyclic) bond motifs is 3. The molecule has 0 aromatic heterocycles.